The Morgan fingerprint density at radius 1 is 0.800 bits per heavy atom. The van der Waals surface area contributed by atoms with Gasteiger partial charge in [0.05, 0.1) is 5.69 Å². The number of amides is 1. The molecular weight excluding hydrogens is 310 g/mol. The fraction of sp³-hybridized carbons (Fsp3) is 0.136. The Hall–Kier alpha value is -3.07. The second kappa shape index (κ2) is 6.81. The molecule has 124 valence electrons. The summed E-state index contributed by atoms with van der Waals surface area (Å²) in [6.07, 6.45) is 1.35. The predicted octanol–water partition coefficient (Wildman–Crippen LogP) is 4.88. The lowest BCUT2D eigenvalue weighted by Crippen LogP contribution is -2.30. The minimum Gasteiger partial charge on any atom is -0.489 e. The van der Waals surface area contributed by atoms with Crippen LogP contribution in [0.5, 0.6) is 5.75 Å². The summed E-state index contributed by atoms with van der Waals surface area (Å²) in [4.78, 5) is 14.3. The van der Waals surface area contributed by atoms with Gasteiger partial charge in [-0.2, -0.15) is 0 Å². The summed E-state index contributed by atoms with van der Waals surface area (Å²) in [7, 11) is 0. The van der Waals surface area contributed by atoms with Gasteiger partial charge < -0.3 is 4.74 Å². The highest BCUT2D eigenvalue weighted by Crippen LogP contribution is 2.34. The number of rotatable bonds is 4. The fourth-order valence-corrected chi connectivity index (χ4v) is 3.14. The van der Waals surface area contributed by atoms with Gasteiger partial charge >= 0.3 is 0 Å². The zero-order valence-electron chi connectivity index (χ0n) is 13.9. The van der Waals surface area contributed by atoms with Crippen LogP contribution >= 0.6 is 0 Å². The summed E-state index contributed by atoms with van der Waals surface area (Å²) in [5, 5.41) is 0. The molecule has 0 spiro atoms. The van der Waals surface area contributed by atoms with E-state index in [4.69, 9.17) is 4.74 Å². The molecule has 0 fully saturated rings. The number of carbonyl (C=O) groups excluding carboxylic acids is 1. The van der Waals surface area contributed by atoms with E-state index in [9.17, 15) is 4.79 Å². The van der Waals surface area contributed by atoms with E-state index < -0.39 is 0 Å². The van der Waals surface area contributed by atoms with Gasteiger partial charge in [0.1, 0.15) is 12.4 Å². The maximum Gasteiger partial charge on any atom is 0.231 e. The Morgan fingerprint density at radius 2 is 1.52 bits per heavy atom. The molecule has 3 nitrogen and oxygen atoms in total. The predicted molar refractivity (Wildman–Crippen MR) is 99.1 cm³/mol. The van der Waals surface area contributed by atoms with E-state index in [0.29, 0.717) is 13.0 Å². The number of hydrogen-bond donors (Lipinski definition) is 0. The zero-order chi connectivity index (χ0) is 17.1. The third-order valence-corrected chi connectivity index (χ3v) is 4.43. The normalized spacial score (nSPS) is 13.4. The van der Waals surface area contributed by atoms with Crippen molar-refractivity contribution in [1.82, 2.24) is 0 Å². The molecule has 1 aliphatic heterocycles. The number of aryl methyl sites for hydroxylation is 1. The Balaban J connectivity index is 1.53. The summed E-state index contributed by atoms with van der Waals surface area (Å²) in [5.74, 6) is 0.932. The Labute approximate surface area is 147 Å². The van der Waals surface area contributed by atoms with E-state index in [1.54, 1.807) is 4.90 Å². The molecule has 3 aromatic carbocycles. The van der Waals surface area contributed by atoms with Crippen molar-refractivity contribution in [3.8, 4) is 5.75 Å². The van der Waals surface area contributed by atoms with E-state index in [0.717, 1.165) is 29.1 Å². The van der Waals surface area contributed by atoms with Crippen LogP contribution in [0.4, 0.5) is 11.4 Å². The molecule has 3 heteroatoms. The van der Waals surface area contributed by atoms with Gasteiger partial charge in [-0.05, 0) is 47.9 Å². The Bertz CT molecular complexity index is 872. The molecule has 0 aromatic heterocycles. The number of hydrogen-bond acceptors (Lipinski definition) is 2. The SMILES string of the molecule is O=C1CCc2ccccc2N1c1ccc(OCc2ccccc2)cc1. The highest BCUT2D eigenvalue weighted by molar-refractivity contribution is 6.03. The first kappa shape index (κ1) is 15.5. The van der Waals surface area contributed by atoms with Crippen LogP contribution in [0.1, 0.15) is 17.5 Å². The van der Waals surface area contributed by atoms with Crippen molar-refractivity contribution >= 4 is 17.3 Å². The smallest absolute Gasteiger partial charge is 0.231 e. The highest BCUT2D eigenvalue weighted by Gasteiger charge is 2.24. The van der Waals surface area contributed by atoms with Crippen LogP contribution in [0.25, 0.3) is 0 Å². The van der Waals surface area contributed by atoms with Gasteiger partial charge in [0.2, 0.25) is 5.91 Å². The third kappa shape index (κ3) is 3.26. The molecule has 0 saturated carbocycles. The first-order chi connectivity index (χ1) is 12.3. The topological polar surface area (TPSA) is 29.5 Å². The fourth-order valence-electron chi connectivity index (χ4n) is 3.14. The molecule has 0 aliphatic carbocycles. The van der Waals surface area contributed by atoms with Crippen LogP contribution < -0.4 is 9.64 Å². The molecule has 0 atom stereocenters. The van der Waals surface area contributed by atoms with E-state index in [1.165, 1.54) is 5.56 Å². The lowest BCUT2D eigenvalue weighted by molar-refractivity contribution is -0.118. The molecule has 3 aromatic rings. The van der Waals surface area contributed by atoms with Gasteiger partial charge in [0.15, 0.2) is 0 Å². The summed E-state index contributed by atoms with van der Waals surface area (Å²) in [6, 6.07) is 25.9. The largest absolute Gasteiger partial charge is 0.489 e. The molecule has 0 N–H and O–H groups in total. The van der Waals surface area contributed by atoms with Crippen molar-refractivity contribution in [2.24, 2.45) is 0 Å². The van der Waals surface area contributed by atoms with Gasteiger partial charge in [-0.3, -0.25) is 9.69 Å². The highest BCUT2D eigenvalue weighted by atomic mass is 16.5. The number of nitrogens with zero attached hydrogens (tertiary/aromatic N) is 1. The number of ether oxygens (including phenoxy) is 1. The van der Waals surface area contributed by atoms with Gasteiger partial charge in [0, 0.05) is 12.1 Å². The summed E-state index contributed by atoms with van der Waals surface area (Å²) >= 11 is 0. The van der Waals surface area contributed by atoms with E-state index in [2.05, 4.69) is 6.07 Å². The van der Waals surface area contributed by atoms with Crippen molar-refractivity contribution in [2.75, 3.05) is 4.90 Å². The molecule has 0 bridgehead atoms. The van der Waals surface area contributed by atoms with Crippen molar-refractivity contribution in [3.63, 3.8) is 0 Å². The zero-order valence-corrected chi connectivity index (χ0v) is 13.9. The average molecular weight is 329 g/mol. The van der Waals surface area contributed by atoms with Crippen molar-refractivity contribution < 1.29 is 9.53 Å². The van der Waals surface area contributed by atoms with Crippen LogP contribution in [0.2, 0.25) is 0 Å². The molecule has 4 rings (SSSR count). The van der Waals surface area contributed by atoms with Crippen LogP contribution in [0.15, 0.2) is 78.9 Å². The Kier molecular flexibility index (Phi) is 4.21. The number of para-hydroxylation sites is 1. The third-order valence-electron chi connectivity index (χ3n) is 4.43. The van der Waals surface area contributed by atoms with Gasteiger partial charge in [-0.1, -0.05) is 48.5 Å². The van der Waals surface area contributed by atoms with Crippen molar-refractivity contribution in [2.45, 2.75) is 19.4 Å². The van der Waals surface area contributed by atoms with Gasteiger partial charge in [-0.25, -0.2) is 0 Å². The molecule has 0 unspecified atom stereocenters. The molecule has 1 heterocycles. The summed E-state index contributed by atoms with van der Waals surface area (Å²) < 4.78 is 5.83. The second-order valence-corrected chi connectivity index (χ2v) is 6.13. The minimum atomic E-state index is 0.136. The first-order valence-corrected chi connectivity index (χ1v) is 8.49. The Morgan fingerprint density at radius 3 is 2.32 bits per heavy atom. The van der Waals surface area contributed by atoms with Crippen LogP contribution in [0.3, 0.4) is 0 Å². The van der Waals surface area contributed by atoms with Crippen LogP contribution in [-0.2, 0) is 17.8 Å². The maximum absolute atomic E-state index is 12.4. The van der Waals surface area contributed by atoms with E-state index >= 15 is 0 Å². The molecular formula is C22H19NO2. The van der Waals surface area contributed by atoms with Gasteiger partial charge in [0.25, 0.3) is 0 Å². The second-order valence-electron chi connectivity index (χ2n) is 6.13. The van der Waals surface area contributed by atoms with Gasteiger partial charge in [-0.15, -0.1) is 0 Å². The molecule has 1 amide bonds. The van der Waals surface area contributed by atoms with Crippen LogP contribution in [-0.4, -0.2) is 5.91 Å². The minimum absolute atomic E-state index is 0.136. The quantitative estimate of drug-likeness (QED) is 0.683. The molecule has 0 saturated heterocycles. The lowest BCUT2D eigenvalue weighted by Gasteiger charge is -2.29. The summed E-state index contributed by atoms with van der Waals surface area (Å²) in [5.41, 5.74) is 4.21. The lowest BCUT2D eigenvalue weighted by atomic mass is 10.0. The monoisotopic (exact) mass is 329 g/mol. The summed E-state index contributed by atoms with van der Waals surface area (Å²) in [6.45, 7) is 0.533. The van der Waals surface area contributed by atoms with E-state index in [1.807, 2.05) is 72.8 Å². The first-order valence-electron chi connectivity index (χ1n) is 8.49. The molecule has 25 heavy (non-hydrogen) atoms. The van der Waals surface area contributed by atoms with Crippen molar-refractivity contribution in [1.29, 1.82) is 0 Å². The van der Waals surface area contributed by atoms with Crippen LogP contribution in [0, 0.1) is 0 Å². The van der Waals surface area contributed by atoms with Crippen molar-refractivity contribution in [3.05, 3.63) is 90.0 Å². The standard InChI is InChI=1S/C22H19NO2/c24-22-15-10-18-8-4-5-9-21(18)23(22)19-11-13-20(14-12-19)25-16-17-6-2-1-3-7-17/h1-9,11-14H,10,15-16H2. The number of fused-ring (bicyclic) bond motifs is 1. The number of anilines is 2. The number of benzene rings is 3. The number of carbonyl (C=O) groups is 1. The molecule has 1 aliphatic rings. The average Bonchev–Trinajstić information content (AvgIpc) is 2.68. The molecule has 0 radical (unpaired) electrons. The maximum atomic E-state index is 12.4. The van der Waals surface area contributed by atoms with E-state index in [-0.39, 0.29) is 5.91 Å².